The van der Waals surface area contributed by atoms with Crippen LogP contribution in [0.1, 0.15) is 18.9 Å². The quantitative estimate of drug-likeness (QED) is 0.870. The van der Waals surface area contributed by atoms with E-state index in [2.05, 4.69) is 0 Å². The van der Waals surface area contributed by atoms with E-state index in [-0.39, 0.29) is 18.9 Å². The maximum atomic E-state index is 12.4. The molecule has 1 aromatic carbocycles. The van der Waals surface area contributed by atoms with E-state index in [4.69, 9.17) is 19.8 Å². The van der Waals surface area contributed by atoms with E-state index in [1.54, 1.807) is 36.1 Å². The van der Waals surface area contributed by atoms with Crippen LogP contribution in [0.2, 0.25) is 0 Å². The minimum Gasteiger partial charge on any atom is -0.481 e. The van der Waals surface area contributed by atoms with Gasteiger partial charge in [-0.1, -0.05) is 6.07 Å². The summed E-state index contributed by atoms with van der Waals surface area (Å²) in [7, 11) is 0. The summed E-state index contributed by atoms with van der Waals surface area (Å²) in [5, 5.41) is 17.7. The summed E-state index contributed by atoms with van der Waals surface area (Å²) in [5.74, 6) is -0.742. The molecule has 0 aromatic heterocycles. The van der Waals surface area contributed by atoms with Gasteiger partial charge in [0.1, 0.15) is 5.75 Å². The van der Waals surface area contributed by atoms with Gasteiger partial charge in [-0.25, -0.2) is 0 Å². The Labute approximate surface area is 134 Å². The zero-order chi connectivity index (χ0) is 16.8. The van der Waals surface area contributed by atoms with Crippen LogP contribution in [-0.4, -0.2) is 53.8 Å². The average Bonchev–Trinajstić information content (AvgIpc) is 2.54. The van der Waals surface area contributed by atoms with Crippen molar-refractivity contribution in [3.8, 4) is 11.8 Å². The number of rotatable bonds is 5. The first-order valence-electron chi connectivity index (χ1n) is 7.28. The van der Waals surface area contributed by atoms with Crippen LogP contribution in [0.3, 0.4) is 0 Å². The number of morpholine rings is 1. The zero-order valence-corrected chi connectivity index (χ0v) is 12.8. The summed E-state index contributed by atoms with van der Waals surface area (Å²) in [6.07, 6.45) is -1.37. The number of carboxylic acid groups (broad SMARTS) is 1. The van der Waals surface area contributed by atoms with Gasteiger partial charge in [0, 0.05) is 13.1 Å². The van der Waals surface area contributed by atoms with Crippen molar-refractivity contribution in [2.45, 2.75) is 25.6 Å². The van der Waals surface area contributed by atoms with Gasteiger partial charge in [0.25, 0.3) is 5.91 Å². The first-order valence-corrected chi connectivity index (χ1v) is 7.28. The number of benzene rings is 1. The second-order valence-corrected chi connectivity index (χ2v) is 5.27. The van der Waals surface area contributed by atoms with E-state index >= 15 is 0 Å². The fraction of sp³-hybridized carbons (Fsp3) is 0.438. The van der Waals surface area contributed by atoms with Crippen molar-refractivity contribution in [1.82, 2.24) is 4.90 Å². The van der Waals surface area contributed by atoms with Gasteiger partial charge in [0.15, 0.2) is 6.10 Å². The Morgan fingerprint density at radius 2 is 2.35 bits per heavy atom. The second kappa shape index (κ2) is 7.61. The van der Waals surface area contributed by atoms with Crippen LogP contribution in [0.5, 0.6) is 5.75 Å². The highest BCUT2D eigenvalue weighted by Gasteiger charge is 2.29. The first-order chi connectivity index (χ1) is 11.0. The molecule has 0 saturated carbocycles. The predicted molar refractivity (Wildman–Crippen MR) is 79.8 cm³/mol. The molecule has 0 unspecified atom stereocenters. The summed E-state index contributed by atoms with van der Waals surface area (Å²) in [5.41, 5.74) is 0.454. The van der Waals surface area contributed by atoms with E-state index in [1.165, 1.54) is 0 Å². The number of amides is 1. The lowest BCUT2D eigenvalue weighted by molar-refractivity contribution is -0.151. The van der Waals surface area contributed by atoms with Gasteiger partial charge in [-0.3, -0.25) is 9.59 Å². The van der Waals surface area contributed by atoms with Crippen molar-refractivity contribution in [2.24, 2.45) is 0 Å². The molecule has 1 aromatic rings. The maximum absolute atomic E-state index is 12.4. The molecule has 1 heterocycles. The Balaban J connectivity index is 1.96. The van der Waals surface area contributed by atoms with Crippen molar-refractivity contribution >= 4 is 11.9 Å². The second-order valence-electron chi connectivity index (χ2n) is 5.27. The van der Waals surface area contributed by atoms with Crippen molar-refractivity contribution in [3.63, 3.8) is 0 Å². The zero-order valence-electron chi connectivity index (χ0n) is 12.8. The SMILES string of the molecule is C[C@@H](Oc1cccc(C#N)c1)C(=O)N1CCO[C@@H](CC(=O)O)C1. The van der Waals surface area contributed by atoms with E-state index < -0.39 is 18.2 Å². The van der Waals surface area contributed by atoms with Crippen LogP contribution >= 0.6 is 0 Å². The fourth-order valence-corrected chi connectivity index (χ4v) is 2.39. The van der Waals surface area contributed by atoms with Crippen LogP contribution in [0, 0.1) is 11.3 Å². The van der Waals surface area contributed by atoms with Crippen molar-refractivity contribution in [1.29, 1.82) is 5.26 Å². The van der Waals surface area contributed by atoms with Gasteiger partial charge in [-0.2, -0.15) is 5.26 Å². The third-order valence-electron chi connectivity index (χ3n) is 3.48. The van der Waals surface area contributed by atoms with Crippen LogP contribution in [0.15, 0.2) is 24.3 Å². The average molecular weight is 318 g/mol. The maximum Gasteiger partial charge on any atom is 0.306 e. The van der Waals surface area contributed by atoms with Gasteiger partial charge in [0.2, 0.25) is 0 Å². The van der Waals surface area contributed by atoms with E-state index in [1.807, 2.05) is 6.07 Å². The lowest BCUT2D eigenvalue weighted by Gasteiger charge is -2.33. The third kappa shape index (κ3) is 4.69. The number of carbonyl (C=O) groups is 2. The summed E-state index contributed by atoms with van der Waals surface area (Å²) in [4.78, 5) is 24.7. The predicted octanol–water partition coefficient (Wildman–Crippen LogP) is 1.03. The highest BCUT2D eigenvalue weighted by Crippen LogP contribution is 2.16. The van der Waals surface area contributed by atoms with Gasteiger partial charge in [-0.15, -0.1) is 0 Å². The monoisotopic (exact) mass is 318 g/mol. The smallest absolute Gasteiger partial charge is 0.306 e. The number of nitrogens with zero attached hydrogens (tertiary/aromatic N) is 2. The van der Waals surface area contributed by atoms with Crippen molar-refractivity contribution < 1.29 is 24.2 Å². The minimum atomic E-state index is -0.957. The standard InChI is InChI=1S/C16H18N2O5/c1-11(23-13-4-2-3-12(7-13)9-17)16(21)18-5-6-22-14(10-18)8-15(19)20/h2-4,7,11,14H,5-6,8,10H2,1H3,(H,19,20)/t11-,14+/m1/s1. The normalized spacial score (nSPS) is 18.8. The number of hydrogen-bond donors (Lipinski definition) is 1. The van der Waals surface area contributed by atoms with E-state index in [0.717, 1.165) is 0 Å². The molecule has 0 bridgehead atoms. The van der Waals surface area contributed by atoms with Crippen LogP contribution in [-0.2, 0) is 14.3 Å². The Morgan fingerprint density at radius 1 is 1.57 bits per heavy atom. The first kappa shape index (κ1) is 16.8. The number of nitriles is 1. The number of aliphatic carboxylic acids is 1. The number of carbonyl (C=O) groups excluding carboxylic acids is 1. The topological polar surface area (TPSA) is 99.9 Å². The molecule has 0 radical (unpaired) electrons. The Kier molecular flexibility index (Phi) is 5.55. The Bertz CT molecular complexity index is 625. The summed E-state index contributed by atoms with van der Waals surface area (Å²) < 4.78 is 10.9. The lowest BCUT2D eigenvalue weighted by Crippen LogP contribution is -2.50. The largest absolute Gasteiger partial charge is 0.481 e. The fourth-order valence-electron chi connectivity index (χ4n) is 2.39. The molecule has 1 aliphatic heterocycles. The van der Waals surface area contributed by atoms with Crippen LogP contribution in [0.25, 0.3) is 0 Å². The molecule has 1 amide bonds. The molecule has 2 atom stereocenters. The molecule has 2 rings (SSSR count). The molecule has 1 N–H and O–H groups in total. The molecule has 122 valence electrons. The van der Waals surface area contributed by atoms with Gasteiger partial charge in [-0.05, 0) is 25.1 Å². The molecule has 0 spiro atoms. The number of hydrogen-bond acceptors (Lipinski definition) is 5. The highest BCUT2D eigenvalue weighted by molar-refractivity contribution is 5.81. The van der Waals surface area contributed by atoms with E-state index in [0.29, 0.717) is 24.5 Å². The van der Waals surface area contributed by atoms with Crippen LogP contribution in [0.4, 0.5) is 0 Å². The molecule has 1 aliphatic rings. The Hall–Kier alpha value is -2.59. The third-order valence-corrected chi connectivity index (χ3v) is 3.48. The summed E-state index contributed by atoms with van der Waals surface area (Å²) >= 11 is 0. The highest BCUT2D eigenvalue weighted by atomic mass is 16.5. The summed E-state index contributed by atoms with van der Waals surface area (Å²) in [6.45, 7) is 2.57. The Morgan fingerprint density at radius 3 is 3.04 bits per heavy atom. The molecule has 23 heavy (non-hydrogen) atoms. The molecule has 1 saturated heterocycles. The molecule has 7 heteroatoms. The molecular formula is C16H18N2O5. The van der Waals surface area contributed by atoms with Gasteiger partial charge in [0.05, 0.1) is 30.8 Å². The minimum absolute atomic E-state index is 0.136. The van der Waals surface area contributed by atoms with Gasteiger partial charge < -0.3 is 19.5 Å². The van der Waals surface area contributed by atoms with Crippen molar-refractivity contribution in [2.75, 3.05) is 19.7 Å². The van der Waals surface area contributed by atoms with Crippen LogP contribution < -0.4 is 4.74 Å². The number of ether oxygens (including phenoxy) is 2. The van der Waals surface area contributed by atoms with Gasteiger partial charge >= 0.3 is 5.97 Å². The molecular weight excluding hydrogens is 300 g/mol. The molecule has 1 fully saturated rings. The lowest BCUT2D eigenvalue weighted by atomic mass is 10.2. The van der Waals surface area contributed by atoms with Crippen molar-refractivity contribution in [3.05, 3.63) is 29.8 Å². The number of carboxylic acids is 1. The molecule has 7 nitrogen and oxygen atoms in total. The van der Waals surface area contributed by atoms with E-state index in [9.17, 15) is 9.59 Å². The summed E-state index contributed by atoms with van der Waals surface area (Å²) in [6, 6.07) is 8.59. The molecule has 0 aliphatic carbocycles.